The largest absolute Gasteiger partial charge is 0.497 e. The summed E-state index contributed by atoms with van der Waals surface area (Å²) in [5.41, 5.74) is 10.3. The van der Waals surface area contributed by atoms with E-state index in [-0.39, 0.29) is 11.9 Å². The summed E-state index contributed by atoms with van der Waals surface area (Å²) in [6, 6.07) is 9.48. The first-order chi connectivity index (χ1) is 15.5. The molecule has 0 saturated carbocycles. The van der Waals surface area contributed by atoms with E-state index in [9.17, 15) is 4.79 Å². The Morgan fingerprint density at radius 1 is 1.16 bits per heavy atom. The van der Waals surface area contributed by atoms with Crippen molar-refractivity contribution in [2.24, 2.45) is 5.92 Å². The minimum absolute atomic E-state index is 0.0259. The van der Waals surface area contributed by atoms with Gasteiger partial charge in [0.1, 0.15) is 17.1 Å². The summed E-state index contributed by atoms with van der Waals surface area (Å²) < 4.78 is 18.3. The van der Waals surface area contributed by atoms with Gasteiger partial charge in [0.25, 0.3) is 0 Å². The Labute approximate surface area is 187 Å². The molecule has 1 saturated heterocycles. The minimum Gasteiger partial charge on any atom is -0.497 e. The summed E-state index contributed by atoms with van der Waals surface area (Å²) >= 11 is 0. The number of nitrogens with zero attached hydrogens (tertiary/aromatic N) is 3. The fourth-order valence-corrected chi connectivity index (χ4v) is 4.27. The van der Waals surface area contributed by atoms with E-state index in [1.165, 1.54) is 0 Å². The minimum atomic E-state index is -0.0865. The highest BCUT2D eigenvalue weighted by molar-refractivity contribution is 5.74. The third-order valence-electron chi connectivity index (χ3n) is 5.98. The lowest BCUT2D eigenvalue weighted by atomic mass is 9.96. The summed E-state index contributed by atoms with van der Waals surface area (Å²) in [6.45, 7) is 4.57. The predicted molar refractivity (Wildman–Crippen MR) is 123 cm³/mol. The summed E-state index contributed by atoms with van der Waals surface area (Å²) in [5.74, 6) is 1.35. The van der Waals surface area contributed by atoms with Gasteiger partial charge in [-0.15, -0.1) is 0 Å². The predicted octanol–water partition coefficient (Wildman–Crippen LogP) is 3.38. The molecular weight excluding hydrogens is 408 g/mol. The van der Waals surface area contributed by atoms with Gasteiger partial charge in [-0.1, -0.05) is 0 Å². The number of anilines is 1. The van der Waals surface area contributed by atoms with E-state index in [0.29, 0.717) is 18.8 Å². The van der Waals surface area contributed by atoms with Crippen LogP contribution in [0.5, 0.6) is 11.5 Å². The molecule has 3 aromatic rings. The van der Waals surface area contributed by atoms with Gasteiger partial charge in [0, 0.05) is 24.0 Å². The van der Waals surface area contributed by atoms with Crippen LogP contribution in [-0.2, 0) is 16.1 Å². The highest BCUT2D eigenvalue weighted by atomic mass is 16.5. The topological polar surface area (TPSA) is 91.3 Å². The number of piperidine rings is 1. The molecule has 0 aliphatic carbocycles. The van der Waals surface area contributed by atoms with Crippen molar-refractivity contribution in [1.82, 2.24) is 14.3 Å². The Morgan fingerprint density at radius 2 is 1.94 bits per heavy atom. The maximum Gasteiger partial charge on any atom is 0.309 e. The van der Waals surface area contributed by atoms with Gasteiger partial charge in [0.2, 0.25) is 0 Å². The molecule has 1 aromatic carbocycles. The number of ether oxygens (including phenoxy) is 3. The molecule has 2 N–H and O–H groups in total. The van der Waals surface area contributed by atoms with E-state index in [1.54, 1.807) is 14.2 Å². The molecule has 1 aliphatic rings. The highest BCUT2D eigenvalue weighted by Crippen LogP contribution is 2.36. The fraction of sp³-hybridized carbons (Fsp3) is 0.417. The summed E-state index contributed by atoms with van der Waals surface area (Å²) in [7, 11) is 3.30. The molecule has 8 nitrogen and oxygen atoms in total. The first-order valence-corrected chi connectivity index (χ1v) is 10.9. The lowest BCUT2D eigenvalue weighted by Crippen LogP contribution is -2.36. The van der Waals surface area contributed by atoms with E-state index < -0.39 is 0 Å². The number of hydrogen-bond donors (Lipinski definition) is 1. The van der Waals surface area contributed by atoms with Gasteiger partial charge in [0.05, 0.1) is 38.1 Å². The average Bonchev–Trinajstić information content (AvgIpc) is 3.16. The molecule has 1 aliphatic heterocycles. The second kappa shape index (κ2) is 9.48. The number of nitrogen functional groups attached to an aromatic ring is 1. The van der Waals surface area contributed by atoms with Crippen molar-refractivity contribution in [2.75, 3.05) is 39.6 Å². The Balaban J connectivity index is 1.69. The van der Waals surface area contributed by atoms with Gasteiger partial charge >= 0.3 is 5.97 Å². The van der Waals surface area contributed by atoms with Crippen LogP contribution in [0.15, 0.2) is 36.5 Å². The van der Waals surface area contributed by atoms with Gasteiger partial charge in [-0.2, -0.15) is 0 Å². The van der Waals surface area contributed by atoms with Crippen LogP contribution in [0.4, 0.5) is 5.69 Å². The number of hydrogen-bond acceptors (Lipinski definition) is 7. The number of likely N-dealkylation sites (tertiary alicyclic amines) is 1. The number of aromatic nitrogens is 2. The standard InChI is InChI=1S/C24H30N4O4/c1-4-32-24(29)16-9-11-27(12-10-16)15-20-23(26-22-8-5-17(25)14-28(20)22)19-13-18(30-2)6-7-21(19)31-3/h5-8,13-14,16H,4,9-12,15,25H2,1-3H3. The van der Waals surface area contributed by atoms with E-state index in [4.69, 9.17) is 24.9 Å². The molecule has 0 spiro atoms. The maximum atomic E-state index is 12.1. The SMILES string of the molecule is CCOC(=O)C1CCN(Cc2c(-c3cc(OC)ccc3OC)nc3ccc(N)cn23)CC1. The lowest BCUT2D eigenvalue weighted by Gasteiger charge is -2.30. The molecule has 0 unspecified atom stereocenters. The first kappa shape index (κ1) is 22.0. The number of methoxy groups -OCH3 is 2. The van der Waals surface area contributed by atoms with Gasteiger partial charge < -0.3 is 24.3 Å². The molecule has 1 fully saturated rings. The molecule has 0 amide bonds. The van der Waals surface area contributed by atoms with Crippen LogP contribution in [-0.4, -0.2) is 54.2 Å². The summed E-state index contributed by atoms with van der Waals surface area (Å²) in [6.07, 6.45) is 3.48. The van der Waals surface area contributed by atoms with Crippen LogP contribution in [0.3, 0.4) is 0 Å². The normalized spacial score (nSPS) is 15.1. The molecule has 4 rings (SSSR count). The number of nitrogens with two attached hydrogens (primary N) is 1. The number of rotatable bonds is 7. The number of imidazole rings is 1. The van der Waals surface area contributed by atoms with Crippen LogP contribution in [0.1, 0.15) is 25.5 Å². The number of esters is 1. The molecule has 2 aromatic heterocycles. The maximum absolute atomic E-state index is 12.1. The number of fused-ring (bicyclic) bond motifs is 1. The number of pyridine rings is 1. The molecule has 3 heterocycles. The zero-order valence-corrected chi connectivity index (χ0v) is 18.8. The quantitative estimate of drug-likeness (QED) is 0.566. The summed E-state index contributed by atoms with van der Waals surface area (Å²) in [5, 5.41) is 0. The van der Waals surface area contributed by atoms with Crippen molar-refractivity contribution in [3.63, 3.8) is 0 Å². The number of carbonyl (C=O) groups excluding carboxylic acids is 1. The van der Waals surface area contributed by atoms with Crippen LogP contribution in [0, 0.1) is 5.92 Å². The second-order valence-corrected chi connectivity index (χ2v) is 7.97. The van der Waals surface area contributed by atoms with Crippen molar-refractivity contribution < 1.29 is 19.0 Å². The van der Waals surface area contributed by atoms with Crippen molar-refractivity contribution in [2.45, 2.75) is 26.3 Å². The first-order valence-electron chi connectivity index (χ1n) is 10.9. The Kier molecular flexibility index (Phi) is 6.50. The Morgan fingerprint density at radius 3 is 2.62 bits per heavy atom. The van der Waals surface area contributed by atoms with E-state index in [1.807, 2.05) is 47.9 Å². The van der Waals surface area contributed by atoms with Crippen LogP contribution < -0.4 is 15.2 Å². The van der Waals surface area contributed by atoms with Crippen molar-refractivity contribution in [1.29, 1.82) is 0 Å². The zero-order chi connectivity index (χ0) is 22.7. The highest BCUT2D eigenvalue weighted by Gasteiger charge is 2.28. The molecule has 0 atom stereocenters. The Bertz CT molecular complexity index is 1100. The lowest BCUT2D eigenvalue weighted by molar-refractivity contribution is -0.149. The smallest absolute Gasteiger partial charge is 0.309 e. The van der Waals surface area contributed by atoms with Gasteiger partial charge in [-0.3, -0.25) is 9.69 Å². The van der Waals surface area contributed by atoms with E-state index in [0.717, 1.165) is 60.0 Å². The third kappa shape index (κ3) is 4.36. The fourth-order valence-electron chi connectivity index (χ4n) is 4.27. The molecule has 32 heavy (non-hydrogen) atoms. The molecule has 0 radical (unpaired) electrons. The molecule has 8 heteroatoms. The zero-order valence-electron chi connectivity index (χ0n) is 18.8. The monoisotopic (exact) mass is 438 g/mol. The van der Waals surface area contributed by atoms with Gasteiger partial charge in [-0.25, -0.2) is 4.98 Å². The Hall–Kier alpha value is -3.26. The van der Waals surface area contributed by atoms with Crippen LogP contribution in [0.25, 0.3) is 16.9 Å². The molecule has 0 bridgehead atoms. The molecule has 170 valence electrons. The van der Waals surface area contributed by atoms with Crippen molar-refractivity contribution >= 4 is 17.3 Å². The molecular formula is C24H30N4O4. The van der Waals surface area contributed by atoms with Crippen LogP contribution >= 0.6 is 0 Å². The van der Waals surface area contributed by atoms with E-state index >= 15 is 0 Å². The van der Waals surface area contributed by atoms with E-state index in [2.05, 4.69) is 4.90 Å². The number of carbonyl (C=O) groups is 1. The van der Waals surface area contributed by atoms with Crippen LogP contribution in [0.2, 0.25) is 0 Å². The van der Waals surface area contributed by atoms with Crippen molar-refractivity contribution in [3.8, 4) is 22.8 Å². The van der Waals surface area contributed by atoms with Crippen molar-refractivity contribution in [3.05, 3.63) is 42.2 Å². The average molecular weight is 439 g/mol. The number of benzene rings is 1. The van der Waals surface area contributed by atoms with Gasteiger partial charge in [0.15, 0.2) is 0 Å². The second-order valence-electron chi connectivity index (χ2n) is 7.97. The van der Waals surface area contributed by atoms with Gasteiger partial charge in [-0.05, 0) is 63.2 Å². The summed E-state index contributed by atoms with van der Waals surface area (Å²) in [4.78, 5) is 19.4. The third-order valence-corrected chi connectivity index (χ3v) is 5.98.